The van der Waals surface area contributed by atoms with Crippen molar-refractivity contribution >= 4 is 34.5 Å². The smallest absolute Gasteiger partial charge is 0.416 e. The van der Waals surface area contributed by atoms with Crippen molar-refractivity contribution < 1.29 is 17.9 Å². The first-order valence-electron chi connectivity index (χ1n) is 7.72. The number of H-pyrrole nitrogens is 1. The number of alkyl halides is 3. The first-order valence-corrected chi connectivity index (χ1v) is 8.48. The van der Waals surface area contributed by atoms with Crippen LogP contribution in [0.3, 0.4) is 0 Å². The molecule has 12 heteroatoms. The molecule has 1 heterocycles. The molecule has 0 aliphatic carbocycles. The molecule has 0 unspecified atom stereocenters. The molecule has 29 heavy (non-hydrogen) atoms. The molecular weight excluding hydrogens is 432 g/mol. The number of anilines is 1. The molecule has 0 bridgehead atoms. The molecule has 0 aliphatic rings. The minimum atomic E-state index is -4.57. The van der Waals surface area contributed by atoms with E-state index in [1.54, 1.807) is 24.3 Å². The van der Waals surface area contributed by atoms with E-state index < -0.39 is 11.7 Å². The lowest BCUT2D eigenvalue weighted by molar-refractivity contribution is -0.137. The summed E-state index contributed by atoms with van der Waals surface area (Å²) in [7, 11) is 0. The maximum Gasteiger partial charge on any atom is 0.416 e. The van der Waals surface area contributed by atoms with Gasteiger partial charge in [0.1, 0.15) is 17.4 Å². The van der Waals surface area contributed by atoms with Gasteiger partial charge >= 0.3 is 6.18 Å². The predicted octanol–water partition coefficient (Wildman–Crippen LogP) is 5.29. The van der Waals surface area contributed by atoms with Gasteiger partial charge in [-0.2, -0.15) is 23.6 Å². The van der Waals surface area contributed by atoms with Crippen LogP contribution in [0.1, 0.15) is 11.4 Å². The number of aromatic amines is 1. The summed E-state index contributed by atoms with van der Waals surface area (Å²) in [5.41, 5.74) is -0.221. The Bertz CT molecular complexity index is 1050. The van der Waals surface area contributed by atoms with Crippen LogP contribution in [-0.2, 0) is 6.18 Å². The van der Waals surface area contributed by atoms with Crippen LogP contribution in [0.5, 0.6) is 11.5 Å². The average Bonchev–Trinajstić information content (AvgIpc) is 3.20. The highest BCUT2D eigenvalue weighted by Crippen LogP contribution is 2.41. The summed E-state index contributed by atoms with van der Waals surface area (Å²) in [6.45, 7) is 0. The van der Waals surface area contributed by atoms with Gasteiger partial charge in [-0.05, 0) is 41.6 Å². The van der Waals surface area contributed by atoms with Crippen LogP contribution in [-0.4, -0.2) is 20.6 Å². The second-order valence-electron chi connectivity index (χ2n) is 5.44. The molecule has 0 aliphatic heterocycles. The van der Waals surface area contributed by atoms with Crippen LogP contribution in [0.25, 0.3) is 5.57 Å². The Morgan fingerprint density at radius 1 is 1.17 bits per heavy atom. The molecule has 7 nitrogen and oxygen atoms in total. The lowest BCUT2D eigenvalue weighted by atomic mass is 10.2. The van der Waals surface area contributed by atoms with Gasteiger partial charge in [0.2, 0.25) is 5.82 Å². The summed E-state index contributed by atoms with van der Waals surface area (Å²) in [5.74, 6) is 0.333. The van der Waals surface area contributed by atoms with Crippen molar-refractivity contribution in [2.45, 2.75) is 6.18 Å². The number of ether oxygens (including phenoxy) is 1. The van der Waals surface area contributed by atoms with E-state index in [0.29, 0.717) is 11.4 Å². The number of tetrazole rings is 1. The van der Waals surface area contributed by atoms with E-state index in [9.17, 15) is 13.2 Å². The SMILES string of the molecule is N#CC(=CNc1ccc(Oc2c(Cl)cc(C(F)(F)F)cc2Cl)cc1)c1nn[nH]n1. The van der Waals surface area contributed by atoms with Gasteiger partial charge in [-0.25, -0.2) is 0 Å². The quantitative estimate of drug-likeness (QED) is 0.522. The van der Waals surface area contributed by atoms with Gasteiger partial charge in [-0.15, -0.1) is 10.2 Å². The molecule has 3 aromatic rings. The first-order chi connectivity index (χ1) is 13.8. The number of benzene rings is 2. The third-order valence-electron chi connectivity index (χ3n) is 3.49. The fourth-order valence-corrected chi connectivity index (χ4v) is 2.70. The van der Waals surface area contributed by atoms with Crippen molar-refractivity contribution in [3.05, 3.63) is 64.0 Å². The summed E-state index contributed by atoms with van der Waals surface area (Å²) in [6.07, 6.45) is -3.18. The summed E-state index contributed by atoms with van der Waals surface area (Å²) < 4.78 is 43.9. The Morgan fingerprint density at radius 2 is 1.83 bits per heavy atom. The van der Waals surface area contributed by atoms with E-state index in [2.05, 4.69) is 25.9 Å². The van der Waals surface area contributed by atoms with Crippen molar-refractivity contribution in [1.82, 2.24) is 20.6 Å². The van der Waals surface area contributed by atoms with E-state index in [1.165, 1.54) is 6.20 Å². The highest BCUT2D eigenvalue weighted by atomic mass is 35.5. The molecule has 0 saturated heterocycles. The average molecular weight is 441 g/mol. The molecule has 0 amide bonds. The van der Waals surface area contributed by atoms with Gasteiger partial charge in [0.15, 0.2) is 5.75 Å². The molecule has 1 aromatic heterocycles. The predicted molar refractivity (Wildman–Crippen MR) is 99.4 cm³/mol. The van der Waals surface area contributed by atoms with Crippen molar-refractivity contribution in [1.29, 1.82) is 5.26 Å². The van der Waals surface area contributed by atoms with Gasteiger partial charge in [-0.3, -0.25) is 0 Å². The third-order valence-corrected chi connectivity index (χ3v) is 4.05. The lowest BCUT2D eigenvalue weighted by Crippen LogP contribution is -2.05. The zero-order valence-corrected chi connectivity index (χ0v) is 15.6. The Morgan fingerprint density at radius 3 is 2.34 bits per heavy atom. The van der Waals surface area contributed by atoms with Gasteiger partial charge in [0.05, 0.1) is 15.6 Å². The van der Waals surface area contributed by atoms with Crippen molar-refractivity contribution in [3.63, 3.8) is 0 Å². The van der Waals surface area contributed by atoms with Gasteiger partial charge in [0, 0.05) is 11.9 Å². The highest BCUT2D eigenvalue weighted by Gasteiger charge is 2.32. The zero-order valence-electron chi connectivity index (χ0n) is 14.1. The molecule has 0 radical (unpaired) electrons. The molecule has 2 N–H and O–H groups in total. The number of nitrogens with one attached hydrogen (secondary N) is 2. The first kappa shape index (κ1) is 20.4. The molecule has 0 spiro atoms. The van der Waals surface area contributed by atoms with Crippen LogP contribution >= 0.6 is 23.2 Å². The van der Waals surface area contributed by atoms with E-state index >= 15 is 0 Å². The summed E-state index contributed by atoms with van der Waals surface area (Å²) in [5, 5.41) is 24.5. The molecule has 148 valence electrons. The Hall–Kier alpha value is -3.29. The monoisotopic (exact) mass is 440 g/mol. The van der Waals surface area contributed by atoms with Crippen molar-refractivity contribution in [2.24, 2.45) is 0 Å². The standard InChI is InChI=1S/C17H9Cl2F3N6O/c18-13-5-10(17(20,21)22)6-14(19)15(13)29-12-3-1-11(2-4-12)24-8-9(7-23)16-25-27-28-26-16/h1-6,8,24H,(H,25,26,27,28). The summed E-state index contributed by atoms with van der Waals surface area (Å²) >= 11 is 11.8. The number of nitriles is 1. The summed E-state index contributed by atoms with van der Waals surface area (Å²) in [4.78, 5) is 0. The minimum absolute atomic E-state index is 0.0918. The number of hydrogen-bond acceptors (Lipinski definition) is 6. The van der Waals surface area contributed by atoms with Gasteiger partial charge < -0.3 is 10.1 Å². The Kier molecular flexibility index (Phi) is 5.91. The fraction of sp³-hybridized carbons (Fsp3) is 0.0588. The summed E-state index contributed by atoms with van der Waals surface area (Å²) in [6, 6.07) is 9.72. The molecule has 3 rings (SSSR count). The molecular formula is C17H9Cl2F3N6O. The lowest BCUT2D eigenvalue weighted by Gasteiger charge is -2.13. The van der Waals surface area contributed by atoms with E-state index in [-0.39, 0.29) is 27.2 Å². The van der Waals surface area contributed by atoms with Crippen LogP contribution in [0.15, 0.2) is 42.6 Å². The number of halogens is 5. The Balaban J connectivity index is 1.74. The van der Waals surface area contributed by atoms with Crippen molar-refractivity contribution in [2.75, 3.05) is 5.32 Å². The third kappa shape index (κ3) is 4.96. The minimum Gasteiger partial charge on any atom is -0.454 e. The fourth-order valence-electron chi connectivity index (χ4n) is 2.14. The molecule has 0 fully saturated rings. The maximum atomic E-state index is 12.8. The topological polar surface area (TPSA) is 99.5 Å². The van der Waals surface area contributed by atoms with E-state index in [4.69, 9.17) is 33.2 Å². The zero-order chi connectivity index (χ0) is 21.0. The largest absolute Gasteiger partial charge is 0.454 e. The van der Waals surface area contributed by atoms with Crippen LogP contribution in [0.2, 0.25) is 10.0 Å². The number of allylic oxidation sites excluding steroid dienone is 1. The van der Waals surface area contributed by atoms with Crippen molar-refractivity contribution in [3.8, 4) is 17.6 Å². The maximum absolute atomic E-state index is 12.8. The van der Waals surface area contributed by atoms with Gasteiger partial charge in [0.25, 0.3) is 0 Å². The van der Waals surface area contributed by atoms with Crippen LogP contribution in [0.4, 0.5) is 18.9 Å². The number of nitrogens with zero attached hydrogens (tertiary/aromatic N) is 4. The van der Waals surface area contributed by atoms with Gasteiger partial charge in [-0.1, -0.05) is 23.2 Å². The van der Waals surface area contributed by atoms with Crippen LogP contribution < -0.4 is 10.1 Å². The second-order valence-corrected chi connectivity index (χ2v) is 6.26. The highest BCUT2D eigenvalue weighted by molar-refractivity contribution is 6.37. The number of rotatable bonds is 5. The van der Waals surface area contributed by atoms with E-state index in [0.717, 1.165) is 12.1 Å². The second kappa shape index (κ2) is 8.38. The molecule has 0 atom stereocenters. The number of hydrogen-bond donors (Lipinski definition) is 2. The van der Waals surface area contributed by atoms with Crippen LogP contribution in [0, 0.1) is 11.3 Å². The normalized spacial score (nSPS) is 11.8. The Labute approximate surface area is 171 Å². The molecule has 2 aromatic carbocycles. The number of aromatic nitrogens is 4. The van der Waals surface area contributed by atoms with E-state index in [1.807, 2.05) is 6.07 Å². The molecule has 0 saturated carbocycles.